The average Bonchev–Trinajstić information content (AvgIpc) is 2.61. The van der Waals surface area contributed by atoms with Crippen LogP contribution in [0.2, 0.25) is 0 Å². The second-order valence-corrected chi connectivity index (χ2v) is 5.44. The molecule has 3 heteroatoms. The Morgan fingerprint density at radius 3 is 2.30 bits per heavy atom. The van der Waals surface area contributed by atoms with Gasteiger partial charge in [0.1, 0.15) is 12.4 Å². The minimum atomic E-state index is 0.387. The molecule has 1 unspecified atom stereocenters. The summed E-state index contributed by atoms with van der Waals surface area (Å²) in [6.07, 6.45) is 1.07. The summed E-state index contributed by atoms with van der Waals surface area (Å²) in [5, 5.41) is 3.62. The molecule has 0 amide bonds. The van der Waals surface area contributed by atoms with Crippen LogP contribution in [0.25, 0.3) is 0 Å². The van der Waals surface area contributed by atoms with Crippen LogP contribution in [0.15, 0.2) is 54.6 Å². The first-order valence-electron chi connectivity index (χ1n) is 8.41. The molecule has 0 fully saturated rings. The molecule has 0 heterocycles. The van der Waals surface area contributed by atoms with Gasteiger partial charge in [-0.15, -0.1) is 0 Å². The van der Waals surface area contributed by atoms with E-state index in [4.69, 9.17) is 9.47 Å². The van der Waals surface area contributed by atoms with Gasteiger partial charge in [-0.1, -0.05) is 49.4 Å². The van der Waals surface area contributed by atoms with Crippen LogP contribution in [0.3, 0.4) is 0 Å². The minimum Gasteiger partial charge on any atom is -0.491 e. The molecule has 0 radical (unpaired) electrons. The zero-order valence-electron chi connectivity index (χ0n) is 14.1. The highest BCUT2D eigenvalue weighted by Gasteiger charge is 2.07. The quantitative estimate of drug-likeness (QED) is 0.662. The third-order valence-corrected chi connectivity index (χ3v) is 3.79. The van der Waals surface area contributed by atoms with Gasteiger partial charge in [0.2, 0.25) is 0 Å². The number of rotatable bonds is 10. The molecule has 2 rings (SSSR count). The van der Waals surface area contributed by atoms with Crippen molar-refractivity contribution in [3.63, 3.8) is 0 Å². The summed E-state index contributed by atoms with van der Waals surface area (Å²) in [4.78, 5) is 0. The van der Waals surface area contributed by atoms with Crippen molar-refractivity contribution in [2.24, 2.45) is 0 Å². The van der Waals surface area contributed by atoms with Crippen molar-refractivity contribution >= 4 is 0 Å². The van der Waals surface area contributed by atoms with Crippen LogP contribution >= 0.6 is 0 Å². The molecule has 1 atom stereocenters. The van der Waals surface area contributed by atoms with E-state index in [1.165, 1.54) is 11.1 Å². The summed E-state index contributed by atoms with van der Waals surface area (Å²) in [7, 11) is 0. The predicted molar refractivity (Wildman–Crippen MR) is 94.7 cm³/mol. The maximum Gasteiger partial charge on any atom is 0.119 e. The summed E-state index contributed by atoms with van der Waals surface area (Å²) in [6.45, 7) is 7.01. The van der Waals surface area contributed by atoms with E-state index >= 15 is 0 Å². The summed E-state index contributed by atoms with van der Waals surface area (Å²) in [6, 6.07) is 19.2. The second kappa shape index (κ2) is 10.0. The Bertz CT molecular complexity index is 539. The second-order valence-electron chi connectivity index (χ2n) is 5.44. The molecule has 1 N–H and O–H groups in total. The molecular formula is C20H27NO2. The standard InChI is InChI=1S/C20H27NO2/c1-3-20(18-8-6-5-7-9-18)21-16-17-10-12-19(13-11-17)23-15-14-22-4-2/h5-13,20-21H,3-4,14-16H2,1-2H3. The molecule has 3 nitrogen and oxygen atoms in total. The van der Waals surface area contributed by atoms with E-state index in [-0.39, 0.29) is 0 Å². The van der Waals surface area contributed by atoms with E-state index in [0.29, 0.717) is 19.3 Å². The molecule has 23 heavy (non-hydrogen) atoms. The van der Waals surface area contributed by atoms with Gasteiger partial charge < -0.3 is 14.8 Å². The first-order chi connectivity index (χ1) is 11.3. The van der Waals surface area contributed by atoms with Gasteiger partial charge in [-0.25, -0.2) is 0 Å². The highest BCUT2D eigenvalue weighted by molar-refractivity contribution is 5.27. The van der Waals surface area contributed by atoms with Gasteiger partial charge in [0.05, 0.1) is 6.61 Å². The maximum absolute atomic E-state index is 5.63. The minimum absolute atomic E-state index is 0.387. The third kappa shape index (κ3) is 6.05. The molecular weight excluding hydrogens is 286 g/mol. The van der Waals surface area contributed by atoms with Crippen molar-refractivity contribution in [3.8, 4) is 5.75 Å². The van der Waals surface area contributed by atoms with Gasteiger partial charge in [0.25, 0.3) is 0 Å². The van der Waals surface area contributed by atoms with E-state index < -0.39 is 0 Å². The molecule has 0 saturated heterocycles. The van der Waals surface area contributed by atoms with Gasteiger partial charge in [0.15, 0.2) is 0 Å². The largest absolute Gasteiger partial charge is 0.491 e. The van der Waals surface area contributed by atoms with Crippen molar-refractivity contribution in [1.82, 2.24) is 5.32 Å². The molecule has 0 aromatic heterocycles. The Morgan fingerprint density at radius 2 is 1.65 bits per heavy atom. The lowest BCUT2D eigenvalue weighted by atomic mass is 10.0. The highest BCUT2D eigenvalue weighted by atomic mass is 16.5. The van der Waals surface area contributed by atoms with Crippen molar-refractivity contribution in [1.29, 1.82) is 0 Å². The van der Waals surface area contributed by atoms with Crippen LogP contribution in [0.1, 0.15) is 37.4 Å². The molecule has 0 aliphatic carbocycles. The maximum atomic E-state index is 5.63. The number of nitrogens with one attached hydrogen (secondary N) is 1. The van der Waals surface area contributed by atoms with Gasteiger partial charge in [-0.3, -0.25) is 0 Å². The molecule has 0 saturated carbocycles. The zero-order valence-corrected chi connectivity index (χ0v) is 14.1. The average molecular weight is 313 g/mol. The van der Waals surface area contributed by atoms with Crippen molar-refractivity contribution in [3.05, 3.63) is 65.7 Å². The van der Waals surface area contributed by atoms with Crippen LogP contribution in [0, 0.1) is 0 Å². The first kappa shape index (κ1) is 17.5. The van der Waals surface area contributed by atoms with Crippen LogP contribution in [-0.4, -0.2) is 19.8 Å². The Morgan fingerprint density at radius 1 is 0.913 bits per heavy atom. The Balaban J connectivity index is 1.81. The lowest BCUT2D eigenvalue weighted by Gasteiger charge is -2.17. The van der Waals surface area contributed by atoms with Crippen LogP contribution in [-0.2, 0) is 11.3 Å². The summed E-state index contributed by atoms with van der Waals surface area (Å²) in [5.41, 5.74) is 2.60. The van der Waals surface area contributed by atoms with Gasteiger partial charge >= 0.3 is 0 Å². The summed E-state index contributed by atoms with van der Waals surface area (Å²) >= 11 is 0. The first-order valence-corrected chi connectivity index (χ1v) is 8.41. The van der Waals surface area contributed by atoms with E-state index in [2.05, 4.69) is 54.7 Å². The SMILES string of the molecule is CCOCCOc1ccc(CNC(CC)c2ccccc2)cc1. The van der Waals surface area contributed by atoms with Gasteiger partial charge in [-0.05, 0) is 36.6 Å². The molecule has 124 valence electrons. The van der Waals surface area contributed by atoms with Gasteiger partial charge in [-0.2, -0.15) is 0 Å². The van der Waals surface area contributed by atoms with Crippen LogP contribution in [0.5, 0.6) is 5.75 Å². The molecule has 0 bridgehead atoms. The third-order valence-electron chi connectivity index (χ3n) is 3.79. The van der Waals surface area contributed by atoms with Crippen molar-refractivity contribution < 1.29 is 9.47 Å². The fraction of sp³-hybridized carbons (Fsp3) is 0.400. The highest BCUT2D eigenvalue weighted by Crippen LogP contribution is 2.17. The van der Waals surface area contributed by atoms with Crippen molar-refractivity contribution in [2.75, 3.05) is 19.8 Å². The summed E-state index contributed by atoms with van der Waals surface area (Å²) < 4.78 is 10.9. The predicted octanol–water partition coefficient (Wildman–Crippen LogP) is 4.34. The number of hydrogen-bond donors (Lipinski definition) is 1. The van der Waals surface area contributed by atoms with E-state index in [0.717, 1.165) is 25.3 Å². The Kier molecular flexibility index (Phi) is 7.64. The summed E-state index contributed by atoms with van der Waals surface area (Å²) in [5.74, 6) is 0.892. The Hall–Kier alpha value is -1.84. The van der Waals surface area contributed by atoms with Crippen LogP contribution < -0.4 is 10.1 Å². The smallest absolute Gasteiger partial charge is 0.119 e. The fourth-order valence-electron chi connectivity index (χ4n) is 2.49. The molecule has 2 aromatic rings. The lowest BCUT2D eigenvalue weighted by Crippen LogP contribution is -2.20. The Labute approximate surface area is 139 Å². The van der Waals surface area contributed by atoms with E-state index in [9.17, 15) is 0 Å². The number of ether oxygens (including phenoxy) is 2. The fourth-order valence-corrected chi connectivity index (χ4v) is 2.49. The number of benzene rings is 2. The van der Waals surface area contributed by atoms with Crippen LogP contribution in [0.4, 0.5) is 0 Å². The van der Waals surface area contributed by atoms with E-state index in [1.807, 2.05) is 19.1 Å². The topological polar surface area (TPSA) is 30.5 Å². The van der Waals surface area contributed by atoms with Crippen molar-refractivity contribution in [2.45, 2.75) is 32.9 Å². The molecule has 0 aliphatic heterocycles. The monoisotopic (exact) mass is 313 g/mol. The number of hydrogen-bond acceptors (Lipinski definition) is 3. The zero-order chi connectivity index (χ0) is 16.3. The van der Waals surface area contributed by atoms with Gasteiger partial charge in [0, 0.05) is 19.2 Å². The molecule has 0 aliphatic rings. The molecule has 2 aromatic carbocycles. The van der Waals surface area contributed by atoms with E-state index in [1.54, 1.807) is 0 Å². The normalized spacial score (nSPS) is 12.1. The molecule has 0 spiro atoms. The lowest BCUT2D eigenvalue weighted by molar-refractivity contribution is 0.110.